The smallest absolute Gasteiger partial charge is 0.00643 e. The van der Waals surface area contributed by atoms with Crippen LogP contribution in [0.5, 0.6) is 0 Å². The van der Waals surface area contributed by atoms with E-state index >= 15 is 0 Å². The number of hydrogen-bond acceptors (Lipinski definition) is 1. The predicted molar refractivity (Wildman–Crippen MR) is 61.0 cm³/mol. The Bertz CT molecular complexity index is 110. The van der Waals surface area contributed by atoms with Crippen LogP contribution in [0, 0.1) is 0 Å². The lowest BCUT2D eigenvalue weighted by Crippen LogP contribution is -2.27. The third-order valence-electron chi connectivity index (χ3n) is 2.45. The van der Waals surface area contributed by atoms with Gasteiger partial charge in [0.1, 0.15) is 0 Å². The molecule has 0 radical (unpaired) electrons. The van der Waals surface area contributed by atoms with Gasteiger partial charge in [-0.15, -0.1) is 6.58 Å². The van der Waals surface area contributed by atoms with Crippen molar-refractivity contribution in [2.75, 3.05) is 6.54 Å². The average molecular weight is 183 g/mol. The van der Waals surface area contributed by atoms with E-state index in [1.807, 2.05) is 6.08 Å². The molecule has 0 aromatic carbocycles. The van der Waals surface area contributed by atoms with Crippen molar-refractivity contribution in [3.05, 3.63) is 12.7 Å². The van der Waals surface area contributed by atoms with Crippen LogP contribution in [0.2, 0.25) is 0 Å². The molecule has 0 rings (SSSR count). The maximum absolute atomic E-state index is 3.73. The summed E-state index contributed by atoms with van der Waals surface area (Å²) in [5.41, 5.74) is 0. The van der Waals surface area contributed by atoms with Crippen LogP contribution >= 0.6 is 0 Å². The van der Waals surface area contributed by atoms with Gasteiger partial charge in [0, 0.05) is 6.04 Å². The van der Waals surface area contributed by atoms with Crippen LogP contribution in [0.25, 0.3) is 0 Å². The summed E-state index contributed by atoms with van der Waals surface area (Å²) in [6.07, 6.45) is 9.82. The van der Waals surface area contributed by atoms with E-state index in [1.165, 1.54) is 38.5 Å². The minimum atomic E-state index is 0.744. The average Bonchev–Trinajstić information content (AvgIpc) is 2.16. The van der Waals surface area contributed by atoms with Crippen molar-refractivity contribution in [3.8, 4) is 0 Å². The summed E-state index contributed by atoms with van der Waals surface area (Å²) in [4.78, 5) is 0. The first-order chi connectivity index (χ1) is 6.35. The minimum absolute atomic E-state index is 0.744. The van der Waals surface area contributed by atoms with Crippen molar-refractivity contribution in [3.63, 3.8) is 0 Å². The normalized spacial score (nSPS) is 12.8. The topological polar surface area (TPSA) is 12.0 Å². The van der Waals surface area contributed by atoms with E-state index in [1.54, 1.807) is 0 Å². The van der Waals surface area contributed by atoms with Gasteiger partial charge in [-0.25, -0.2) is 0 Å². The second kappa shape index (κ2) is 9.79. The third-order valence-corrected chi connectivity index (χ3v) is 2.45. The van der Waals surface area contributed by atoms with Gasteiger partial charge in [-0.05, 0) is 32.2 Å². The summed E-state index contributed by atoms with van der Waals surface area (Å²) in [5.74, 6) is 0. The molecular formula is C12H25N. The molecule has 13 heavy (non-hydrogen) atoms. The van der Waals surface area contributed by atoms with Gasteiger partial charge in [-0.3, -0.25) is 0 Å². The van der Waals surface area contributed by atoms with Gasteiger partial charge in [-0.1, -0.05) is 32.8 Å². The monoisotopic (exact) mass is 183 g/mol. The fraction of sp³-hybridized carbons (Fsp3) is 0.833. The number of unbranched alkanes of at least 4 members (excludes halogenated alkanes) is 3. The van der Waals surface area contributed by atoms with Gasteiger partial charge < -0.3 is 5.32 Å². The molecule has 0 spiro atoms. The van der Waals surface area contributed by atoms with Crippen LogP contribution < -0.4 is 5.32 Å². The third kappa shape index (κ3) is 8.04. The first-order valence-electron chi connectivity index (χ1n) is 5.69. The zero-order chi connectivity index (χ0) is 9.94. The molecule has 1 heteroatoms. The molecule has 0 saturated heterocycles. The van der Waals surface area contributed by atoms with Crippen LogP contribution in [0.15, 0.2) is 12.7 Å². The van der Waals surface area contributed by atoms with Crippen LogP contribution in [-0.2, 0) is 0 Å². The van der Waals surface area contributed by atoms with E-state index in [4.69, 9.17) is 0 Å². The molecule has 0 aliphatic carbocycles. The number of rotatable bonds is 9. The molecule has 78 valence electrons. The van der Waals surface area contributed by atoms with Crippen molar-refractivity contribution in [1.82, 2.24) is 5.32 Å². The van der Waals surface area contributed by atoms with E-state index < -0.39 is 0 Å². The van der Waals surface area contributed by atoms with Crippen molar-refractivity contribution >= 4 is 0 Å². The molecular weight excluding hydrogens is 158 g/mol. The molecule has 0 aliphatic heterocycles. The van der Waals surface area contributed by atoms with E-state index in [2.05, 4.69) is 25.7 Å². The second-order valence-corrected chi connectivity index (χ2v) is 3.59. The van der Waals surface area contributed by atoms with Crippen molar-refractivity contribution in [2.45, 2.75) is 58.4 Å². The molecule has 1 N–H and O–H groups in total. The van der Waals surface area contributed by atoms with Crippen LogP contribution in [0.4, 0.5) is 0 Å². The second-order valence-electron chi connectivity index (χ2n) is 3.59. The Balaban J connectivity index is 3.22. The molecule has 0 bridgehead atoms. The highest BCUT2D eigenvalue weighted by molar-refractivity contribution is 4.67. The van der Waals surface area contributed by atoms with Crippen molar-refractivity contribution in [1.29, 1.82) is 0 Å². The van der Waals surface area contributed by atoms with Crippen LogP contribution in [0.3, 0.4) is 0 Å². The maximum atomic E-state index is 3.73. The van der Waals surface area contributed by atoms with E-state index in [-0.39, 0.29) is 0 Å². The minimum Gasteiger partial charge on any atom is -0.314 e. The first kappa shape index (κ1) is 12.7. The van der Waals surface area contributed by atoms with Crippen LogP contribution in [-0.4, -0.2) is 12.6 Å². The van der Waals surface area contributed by atoms with E-state index in [9.17, 15) is 0 Å². The zero-order valence-corrected chi connectivity index (χ0v) is 9.31. The first-order valence-corrected chi connectivity index (χ1v) is 5.69. The molecule has 0 aromatic rings. The molecule has 1 atom stereocenters. The molecule has 0 aliphatic rings. The molecule has 0 aromatic heterocycles. The molecule has 0 saturated carbocycles. The summed E-state index contributed by atoms with van der Waals surface area (Å²) in [5, 5.41) is 3.50. The molecule has 1 unspecified atom stereocenters. The quantitative estimate of drug-likeness (QED) is 0.426. The molecule has 0 amide bonds. The Labute approximate surface area is 83.6 Å². The van der Waals surface area contributed by atoms with E-state index in [0.29, 0.717) is 0 Å². The van der Waals surface area contributed by atoms with Gasteiger partial charge in [-0.2, -0.15) is 0 Å². The lowest BCUT2D eigenvalue weighted by Gasteiger charge is -2.14. The summed E-state index contributed by atoms with van der Waals surface area (Å²) in [7, 11) is 0. The Morgan fingerprint density at radius 1 is 1.23 bits per heavy atom. The molecule has 1 nitrogen and oxygen atoms in total. The Kier molecular flexibility index (Phi) is 9.56. The Hall–Kier alpha value is -0.300. The SMILES string of the molecule is C=CCCCCCC(CC)NCC. The zero-order valence-electron chi connectivity index (χ0n) is 9.31. The van der Waals surface area contributed by atoms with Crippen molar-refractivity contribution in [2.24, 2.45) is 0 Å². The molecule has 0 heterocycles. The van der Waals surface area contributed by atoms with Crippen LogP contribution in [0.1, 0.15) is 52.4 Å². The van der Waals surface area contributed by atoms with Gasteiger partial charge >= 0.3 is 0 Å². The summed E-state index contributed by atoms with van der Waals surface area (Å²) >= 11 is 0. The number of hydrogen-bond donors (Lipinski definition) is 1. The highest BCUT2D eigenvalue weighted by Crippen LogP contribution is 2.07. The predicted octanol–water partition coefficient (Wildman–Crippen LogP) is 3.51. The number of allylic oxidation sites excluding steroid dienone is 1. The lowest BCUT2D eigenvalue weighted by atomic mass is 10.1. The maximum Gasteiger partial charge on any atom is 0.00643 e. The van der Waals surface area contributed by atoms with E-state index in [0.717, 1.165) is 12.6 Å². The Morgan fingerprint density at radius 3 is 2.54 bits per heavy atom. The summed E-state index contributed by atoms with van der Waals surface area (Å²) in [6, 6.07) is 0.744. The summed E-state index contributed by atoms with van der Waals surface area (Å²) < 4.78 is 0. The highest BCUT2D eigenvalue weighted by atomic mass is 14.9. The fourth-order valence-electron chi connectivity index (χ4n) is 1.60. The highest BCUT2D eigenvalue weighted by Gasteiger charge is 2.02. The van der Waals surface area contributed by atoms with Gasteiger partial charge in [0.05, 0.1) is 0 Å². The number of nitrogens with one attached hydrogen (secondary N) is 1. The summed E-state index contributed by atoms with van der Waals surface area (Å²) in [6.45, 7) is 9.27. The molecule has 0 fully saturated rings. The van der Waals surface area contributed by atoms with Gasteiger partial charge in [0.15, 0.2) is 0 Å². The standard InChI is InChI=1S/C12H25N/c1-4-7-8-9-10-11-12(5-2)13-6-3/h4,12-13H,1,5-11H2,2-3H3. The fourth-order valence-corrected chi connectivity index (χ4v) is 1.60. The van der Waals surface area contributed by atoms with Crippen molar-refractivity contribution < 1.29 is 0 Å². The largest absolute Gasteiger partial charge is 0.314 e. The van der Waals surface area contributed by atoms with Gasteiger partial charge in [0.25, 0.3) is 0 Å². The lowest BCUT2D eigenvalue weighted by molar-refractivity contribution is 0.456. The van der Waals surface area contributed by atoms with Gasteiger partial charge in [0.2, 0.25) is 0 Å². The Morgan fingerprint density at radius 2 is 2.00 bits per heavy atom.